The number of nitrogens with zero attached hydrogens (tertiary/aromatic N) is 2. The van der Waals surface area contributed by atoms with Gasteiger partial charge in [0.25, 0.3) is 0 Å². The maximum Gasteiger partial charge on any atom is 0.324 e. The normalized spacial score (nSPS) is 42.9. The van der Waals surface area contributed by atoms with Crippen LogP contribution in [0.25, 0.3) is 0 Å². The molecular formula is C14H24N2O2. The lowest BCUT2D eigenvalue weighted by molar-refractivity contribution is -0.151. The lowest BCUT2D eigenvalue weighted by Crippen LogP contribution is -2.59. The summed E-state index contributed by atoms with van der Waals surface area (Å²) in [7, 11) is 0. The van der Waals surface area contributed by atoms with Crippen LogP contribution in [0.1, 0.15) is 26.7 Å². The van der Waals surface area contributed by atoms with Crippen molar-refractivity contribution in [2.45, 2.75) is 38.8 Å². The number of piperidine rings is 3. The summed E-state index contributed by atoms with van der Waals surface area (Å²) in [5.74, 6) is 1.54. The van der Waals surface area contributed by atoms with Crippen LogP contribution in [-0.4, -0.2) is 60.6 Å². The molecule has 2 bridgehead atoms. The van der Waals surface area contributed by atoms with Crippen LogP contribution in [0.5, 0.6) is 0 Å². The Morgan fingerprint density at radius 3 is 2.61 bits per heavy atom. The fourth-order valence-electron chi connectivity index (χ4n) is 4.33. The van der Waals surface area contributed by atoms with E-state index in [1.807, 2.05) is 6.92 Å². The van der Waals surface area contributed by atoms with Crippen LogP contribution < -0.4 is 0 Å². The van der Waals surface area contributed by atoms with Crippen LogP contribution in [0, 0.1) is 11.8 Å². The smallest absolute Gasteiger partial charge is 0.324 e. The van der Waals surface area contributed by atoms with Crippen molar-refractivity contribution in [1.82, 2.24) is 9.80 Å². The number of carbonyl (C=O) groups is 1. The molecule has 0 aromatic rings. The van der Waals surface area contributed by atoms with Crippen molar-refractivity contribution in [2.75, 3.05) is 32.8 Å². The van der Waals surface area contributed by atoms with E-state index in [0.717, 1.165) is 19.0 Å². The largest absolute Gasteiger partial charge is 0.465 e. The van der Waals surface area contributed by atoms with Gasteiger partial charge in [0.2, 0.25) is 0 Å². The number of ether oxygens (including phenoxy) is 1. The molecule has 18 heavy (non-hydrogen) atoms. The van der Waals surface area contributed by atoms with Gasteiger partial charge in [-0.2, -0.15) is 0 Å². The minimum absolute atomic E-state index is 0.000556. The standard InChI is InChI=1S/C14H24N2O2/c1-3-15-9-11-10-5-7-16(8-6-10)12(11)13(15)14(17)18-4-2/h10-13H,3-9H2,1-2H3. The van der Waals surface area contributed by atoms with Gasteiger partial charge in [0.1, 0.15) is 6.04 Å². The highest BCUT2D eigenvalue weighted by Gasteiger charge is 2.54. The molecule has 0 radical (unpaired) electrons. The number of hydrogen-bond donors (Lipinski definition) is 0. The predicted molar refractivity (Wildman–Crippen MR) is 69.2 cm³/mol. The van der Waals surface area contributed by atoms with E-state index < -0.39 is 0 Å². The highest BCUT2D eigenvalue weighted by Crippen LogP contribution is 2.44. The molecule has 0 saturated carbocycles. The third-order valence-corrected chi connectivity index (χ3v) is 5.14. The lowest BCUT2D eigenvalue weighted by atomic mass is 9.74. The molecule has 102 valence electrons. The second-order valence-corrected chi connectivity index (χ2v) is 5.81. The van der Waals surface area contributed by atoms with Crippen molar-refractivity contribution in [3.8, 4) is 0 Å². The van der Waals surface area contributed by atoms with E-state index in [1.165, 1.54) is 25.9 Å². The Bertz CT molecular complexity index is 326. The van der Waals surface area contributed by atoms with Crippen molar-refractivity contribution in [3.63, 3.8) is 0 Å². The van der Waals surface area contributed by atoms with Gasteiger partial charge in [-0.3, -0.25) is 14.6 Å². The maximum atomic E-state index is 12.3. The van der Waals surface area contributed by atoms with E-state index in [9.17, 15) is 4.79 Å². The zero-order valence-corrected chi connectivity index (χ0v) is 11.5. The minimum atomic E-state index is -0.0111. The number of likely N-dealkylation sites (N-methyl/N-ethyl adjacent to an activating group) is 1. The first kappa shape index (κ1) is 12.4. The second-order valence-electron chi connectivity index (χ2n) is 5.81. The zero-order valence-electron chi connectivity index (χ0n) is 11.5. The van der Waals surface area contributed by atoms with Crippen LogP contribution >= 0.6 is 0 Å². The molecule has 4 fully saturated rings. The number of likely N-dealkylation sites (tertiary alicyclic amines) is 1. The Morgan fingerprint density at radius 2 is 2.00 bits per heavy atom. The first-order valence-electron chi connectivity index (χ1n) is 7.41. The molecule has 0 aliphatic carbocycles. The summed E-state index contributed by atoms with van der Waals surface area (Å²) in [6, 6.07) is 0.416. The van der Waals surface area contributed by atoms with Crippen molar-refractivity contribution in [3.05, 3.63) is 0 Å². The molecule has 0 aromatic heterocycles. The van der Waals surface area contributed by atoms with Gasteiger partial charge < -0.3 is 4.74 Å². The fraction of sp³-hybridized carbons (Fsp3) is 0.929. The molecule has 0 amide bonds. The summed E-state index contributed by atoms with van der Waals surface area (Å²) in [6.45, 7) is 8.95. The Kier molecular flexibility index (Phi) is 3.32. The van der Waals surface area contributed by atoms with E-state index in [2.05, 4.69) is 16.7 Å². The van der Waals surface area contributed by atoms with Crippen molar-refractivity contribution < 1.29 is 9.53 Å². The average Bonchev–Trinajstić information content (AvgIpc) is 2.81. The molecule has 4 aliphatic heterocycles. The van der Waals surface area contributed by atoms with Crippen molar-refractivity contribution in [1.29, 1.82) is 0 Å². The van der Waals surface area contributed by atoms with Crippen LogP contribution in [0.15, 0.2) is 0 Å². The predicted octanol–water partition coefficient (Wildman–Crippen LogP) is 0.964. The summed E-state index contributed by atoms with van der Waals surface area (Å²) >= 11 is 0. The molecule has 3 atom stereocenters. The monoisotopic (exact) mass is 252 g/mol. The molecule has 4 heterocycles. The maximum absolute atomic E-state index is 12.3. The Labute approximate surface area is 109 Å². The summed E-state index contributed by atoms with van der Waals surface area (Å²) in [5.41, 5.74) is 0. The van der Waals surface area contributed by atoms with Crippen LogP contribution in [0.4, 0.5) is 0 Å². The summed E-state index contributed by atoms with van der Waals surface area (Å²) in [5, 5.41) is 0. The summed E-state index contributed by atoms with van der Waals surface area (Å²) < 4.78 is 5.31. The number of esters is 1. The molecule has 3 unspecified atom stereocenters. The Morgan fingerprint density at radius 1 is 1.28 bits per heavy atom. The van der Waals surface area contributed by atoms with Gasteiger partial charge in [-0.05, 0) is 51.2 Å². The van der Waals surface area contributed by atoms with Gasteiger partial charge in [0, 0.05) is 12.6 Å². The highest BCUT2D eigenvalue weighted by atomic mass is 16.5. The molecule has 4 nitrogen and oxygen atoms in total. The lowest BCUT2D eigenvalue weighted by Gasteiger charge is -2.49. The molecule has 4 heteroatoms. The average molecular weight is 252 g/mol. The zero-order chi connectivity index (χ0) is 12.7. The first-order chi connectivity index (χ1) is 8.76. The number of fused-ring (bicyclic) bond motifs is 2. The van der Waals surface area contributed by atoms with E-state index in [1.54, 1.807) is 0 Å². The van der Waals surface area contributed by atoms with E-state index in [0.29, 0.717) is 18.6 Å². The third kappa shape index (κ3) is 1.77. The minimum Gasteiger partial charge on any atom is -0.465 e. The van der Waals surface area contributed by atoms with Gasteiger partial charge in [0.05, 0.1) is 6.61 Å². The number of carbonyl (C=O) groups excluding carboxylic acids is 1. The molecule has 0 spiro atoms. The molecular weight excluding hydrogens is 228 g/mol. The Hall–Kier alpha value is -0.610. The Balaban J connectivity index is 1.84. The third-order valence-electron chi connectivity index (χ3n) is 5.14. The summed E-state index contributed by atoms with van der Waals surface area (Å²) in [4.78, 5) is 17.1. The van der Waals surface area contributed by atoms with E-state index >= 15 is 0 Å². The van der Waals surface area contributed by atoms with Gasteiger partial charge in [0.15, 0.2) is 0 Å². The van der Waals surface area contributed by atoms with Gasteiger partial charge in [-0.1, -0.05) is 6.92 Å². The van der Waals surface area contributed by atoms with Gasteiger partial charge in [-0.25, -0.2) is 0 Å². The highest BCUT2D eigenvalue weighted by molar-refractivity contribution is 5.77. The van der Waals surface area contributed by atoms with Crippen molar-refractivity contribution in [2.24, 2.45) is 11.8 Å². The first-order valence-corrected chi connectivity index (χ1v) is 7.41. The molecule has 4 aliphatic rings. The second kappa shape index (κ2) is 4.82. The molecule has 0 N–H and O–H groups in total. The molecule has 4 rings (SSSR count). The van der Waals surface area contributed by atoms with Crippen molar-refractivity contribution >= 4 is 5.97 Å². The topological polar surface area (TPSA) is 32.8 Å². The number of rotatable bonds is 3. The van der Waals surface area contributed by atoms with Gasteiger partial charge >= 0.3 is 5.97 Å². The summed E-state index contributed by atoms with van der Waals surface area (Å²) in [6.07, 6.45) is 2.66. The van der Waals surface area contributed by atoms with Crippen LogP contribution in [0.3, 0.4) is 0 Å². The van der Waals surface area contributed by atoms with Crippen LogP contribution in [-0.2, 0) is 9.53 Å². The fourth-order valence-corrected chi connectivity index (χ4v) is 4.33. The quantitative estimate of drug-likeness (QED) is 0.701. The van der Waals surface area contributed by atoms with Gasteiger partial charge in [-0.15, -0.1) is 0 Å². The number of hydrogen-bond acceptors (Lipinski definition) is 4. The molecule has 0 aromatic carbocycles. The van der Waals surface area contributed by atoms with E-state index in [4.69, 9.17) is 4.74 Å². The van der Waals surface area contributed by atoms with Crippen LogP contribution in [0.2, 0.25) is 0 Å². The van der Waals surface area contributed by atoms with E-state index in [-0.39, 0.29) is 12.0 Å². The SMILES string of the molecule is CCOC(=O)C1C2C(CN1CC)C1CCN2CC1. The molecule has 4 saturated heterocycles.